The molecule has 13 heavy (non-hydrogen) atoms. The summed E-state index contributed by atoms with van der Waals surface area (Å²) in [6, 6.07) is 0. The fraction of sp³-hybridized carbons (Fsp3) is 0.900. The van der Waals surface area contributed by atoms with Crippen LogP contribution in [-0.2, 0) is 0 Å². The molecule has 79 valence electrons. The van der Waals surface area contributed by atoms with Crippen LogP contribution in [-0.4, -0.2) is 27.2 Å². The summed E-state index contributed by atoms with van der Waals surface area (Å²) in [5.41, 5.74) is 0. The smallest absolute Gasteiger partial charge is 0.112 e. The van der Waals surface area contributed by atoms with Crippen molar-refractivity contribution in [3.63, 3.8) is 0 Å². The van der Waals surface area contributed by atoms with Crippen LogP contribution in [0.4, 0.5) is 0 Å². The van der Waals surface area contributed by atoms with Gasteiger partial charge in [-0.05, 0) is 13.0 Å². The number of hydrogen-bond acceptors (Lipinski definition) is 1. The van der Waals surface area contributed by atoms with E-state index in [0.717, 1.165) is 6.42 Å². The number of nitrogens with zero attached hydrogens (tertiary/aromatic N) is 1. The second-order valence-electron chi connectivity index (χ2n) is 5.70. The van der Waals surface area contributed by atoms with Crippen molar-refractivity contribution in [2.24, 2.45) is 0 Å². The molecular weight excluding hydrogens is 190 g/mol. The van der Waals surface area contributed by atoms with Crippen LogP contribution in [0, 0.1) is 6.92 Å². The second-order valence-corrected chi connectivity index (χ2v) is 15.9. The average molecular weight is 216 g/mol. The Balaban J connectivity index is 4.39. The molecule has 0 amide bonds. The standard InChI is InChI=1S/C10H26NSi2/c1-8-9-10-11(12(2,3)4)13(5,6)7/h1,8-10H2,2-7H3. The van der Waals surface area contributed by atoms with Gasteiger partial charge in [0.25, 0.3) is 0 Å². The first-order valence-electron chi connectivity index (χ1n) is 5.26. The molecule has 0 aliphatic rings. The van der Waals surface area contributed by atoms with Gasteiger partial charge in [-0.1, -0.05) is 52.6 Å². The molecule has 0 atom stereocenters. The van der Waals surface area contributed by atoms with Crippen molar-refractivity contribution in [1.82, 2.24) is 4.23 Å². The highest BCUT2D eigenvalue weighted by Gasteiger charge is 2.33. The van der Waals surface area contributed by atoms with Crippen LogP contribution in [0.1, 0.15) is 12.8 Å². The third-order valence-electron chi connectivity index (χ3n) is 2.25. The fourth-order valence-electron chi connectivity index (χ4n) is 1.95. The van der Waals surface area contributed by atoms with E-state index in [2.05, 4.69) is 50.4 Å². The first kappa shape index (κ1) is 13.4. The maximum absolute atomic E-state index is 3.93. The number of rotatable bonds is 5. The Labute approximate surface area is 86.7 Å². The highest BCUT2D eigenvalue weighted by atomic mass is 28.4. The molecule has 0 unspecified atom stereocenters. The quantitative estimate of drug-likeness (QED) is 0.635. The Kier molecular flexibility index (Phi) is 4.90. The van der Waals surface area contributed by atoms with Gasteiger partial charge in [0, 0.05) is 0 Å². The normalized spacial score (nSPS) is 13.8. The monoisotopic (exact) mass is 216 g/mol. The van der Waals surface area contributed by atoms with E-state index < -0.39 is 16.5 Å². The predicted octanol–water partition coefficient (Wildman–Crippen LogP) is 3.57. The van der Waals surface area contributed by atoms with Crippen LogP contribution in [0.3, 0.4) is 0 Å². The van der Waals surface area contributed by atoms with Gasteiger partial charge in [0.05, 0.1) is 0 Å². The van der Waals surface area contributed by atoms with Crippen molar-refractivity contribution in [2.45, 2.75) is 52.1 Å². The van der Waals surface area contributed by atoms with E-state index in [1.807, 2.05) is 0 Å². The highest BCUT2D eigenvalue weighted by Crippen LogP contribution is 2.19. The van der Waals surface area contributed by atoms with Gasteiger partial charge in [0.2, 0.25) is 0 Å². The minimum atomic E-state index is -1.09. The second kappa shape index (κ2) is 4.76. The SMILES string of the molecule is [CH2]CCCN([Si](C)(C)C)[Si](C)(C)C. The Morgan fingerprint density at radius 3 is 1.54 bits per heavy atom. The van der Waals surface area contributed by atoms with Crippen LogP contribution >= 0.6 is 0 Å². The molecule has 0 saturated carbocycles. The van der Waals surface area contributed by atoms with E-state index in [1.165, 1.54) is 13.0 Å². The molecule has 0 aromatic rings. The minimum Gasteiger partial charge on any atom is -0.346 e. The van der Waals surface area contributed by atoms with E-state index in [-0.39, 0.29) is 0 Å². The summed E-state index contributed by atoms with van der Waals surface area (Å²) >= 11 is 0. The van der Waals surface area contributed by atoms with Crippen LogP contribution in [0.15, 0.2) is 0 Å². The molecule has 0 heterocycles. The molecule has 3 heteroatoms. The number of hydrogen-bond donors (Lipinski definition) is 0. The summed E-state index contributed by atoms with van der Waals surface area (Å²) in [5, 5.41) is 0. The Bertz CT molecular complexity index is 130. The average Bonchev–Trinajstić information content (AvgIpc) is 1.81. The fourth-order valence-corrected chi connectivity index (χ4v) is 11.7. The third kappa shape index (κ3) is 4.98. The van der Waals surface area contributed by atoms with Gasteiger partial charge in [0.15, 0.2) is 0 Å². The Hall–Kier alpha value is 0.394. The van der Waals surface area contributed by atoms with E-state index in [4.69, 9.17) is 0 Å². The summed E-state index contributed by atoms with van der Waals surface area (Å²) in [7, 11) is -2.18. The lowest BCUT2D eigenvalue weighted by Gasteiger charge is -2.43. The molecule has 1 radical (unpaired) electrons. The van der Waals surface area contributed by atoms with Crippen LogP contribution < -0.4 is 0 Å². The molecule has 0 fully saturated rings. The van der Waals surface area contributed by atoms with Crippen molar-refractivity contribution in [2.75, 3.05) is 6.54 Å². The van der Waals surface area contributed by atoms with E-state index in [1.54, 1.807) is 0 Å². The Morgan fingerprint density at radius 1 is 0.923 bits per heavy atom. The van der Waals surface area contributed by atoms with Gasteiger partial charge in [-0.15, -0.1) is 0 Å². The van der Waals surface area contributed by atoms with Crippen molar-refractivity contribution in [3.8, 4) is 0 Å². The molecule has 0 saturated heterocycles. The predicted molar refractivity (Wildman–Crippen MR) is 68.0 cm³/mol. The van der Waals surface area contributed by atoms with Gasteiger partial charge in [-0.2, -0.15) is 0 Å². The molecule has 0 aliphatic heterocycles. The minimum absolute atomic E-state index is 1.07. The molecular formula is C10H26NSi2. The van der Waals surface area contributed by atoms with Crippen LogP contribution in [0.25, 0.3) is 0 Å². The molecule has 0 aromatic heterocycles. The zero-order chi connectivity index (χ0) is 10.7. The highest BCUT2D eigenvalue weighted by molar-refractivity contribution is 6.89. The van der Waals surface area contributed by atoms with Gasteiger partial charge >= 0.3 is 0 Å². The maximum Gasteiger partial charge on any atom is 0.112 e. The molecule has 0 N–H and O–H groups in total. The van der Waals surface area contributed by atoms with Gasteiger partial charge in [-0.25, -0.2) is 0 Å². The summed E-state index contributed by atoms with van der Waals surface area (Å²) in [4.78, 5) is 0. The van der Waals surface area contributed by atoms with Gasteiger partial charge in [-0.3, -0.25) is 0 Å². The first-order valence-corrected chi connectivity index (χ1v) is 12.2. The Morgan fingerprint density at radius 2 is 1.31 bits per heavy atom. The summed E-state index contributed by atoms with van der Waals surface area (Å²) in [5.74, 6) is 0. The lowest BCUT2D eigenvalue weighted by Crippen LogP contribution is -2.59. The largest absolute Gasteiger partial charge is 0.346 e. The van der Waals surface area contributed by atoms with Crippen molar-refractivity contribution < 1.29 is 0 Å². The lowest BCUT2D eigenvalue weighted by molar-refractivity contribution is 0.584. The zero-order valence-electron chi connectivity index (χ0n) is 10.3. The molecule has 1 nitrogen and oxygen atoms in total. The molecule has 0 bridgehead atoms. The molecule has 0 aliphatic carbocycles. The van der Waals surface area contributed by atoms with E-state index in [0.29, 0.717) is 0 Å². The zero-order valence-corrected chi connectivity index (χ0v) is 12.3. The lowest BCUT2D eigenvalue weighted by atomic mass is 10.3. The van der Waals surface area contributed by atoms with Gasteiger partial charge < -0.3 is 4.23 Å². The molecule has 0 spiro atoms. The van der Waals surface area contributed by atoms with Gasteiger partial charge in [0.1, 0.15) is 16.5 Å². The summed E-state index contributed by atoms with van der Waals surface area (Å²) < 4.78 is 2.82. The van der Waals surface area contributed by atoms with Crippen molar-refractivity contribution in [3.05, 3.63) is 6.92 Å². The van der Waals surface area contributed by atoms with E-state index >= 15 is 0 Å². The number of unbranched alkanes of at least 4 members (excludes halogenated alkanes) is 1. The topological polar surface area (TPSA) is 3.24 Å². The molecule has 0 aromatic carbocycles. The third-order valence-corrected chi connectivity index (χ3v) is 9.96. The van der Waals surface area contributed by atoms with Crippen LogP contribution in [0.2, 0.25) is 39.3 Å². The molecule has 0 rings (SSSR count). The van der Waals surface area contributed by atoms with Crippen molar-refractivity contribution in [1.29, 1.82) is 0 Å². The van der Waals surface area contributed by atoms with E-state index in [9.17, 15) is 0 Å². The summed E-state index contributed by atoms with van der Waals surface area (Å²) in [6.07, 6.45) is 2.33. The maximum atomic E-state index is 3.93. The first-order chi connectivity index (χ1) is 5.69. The summed E-state index contributed by atoms with van der Waals surface area (Å²) in [6.45, 7) is 19.9. The van der Waals surface area contributed by atoms with Crippen molar-refractivity contribution >= 4 is 16.5 Å². The van der Waals surface area contributed by atoms with Crippen LogP contribution in [0.5, 0.6) is 0 Å².